The molecule has 6 atom stereocenters. The minimum Gasteiger partial charge on any atom is -0.462 e. The Kier molecular flexibility index (Phi) is 66.5. The van der Waals surface area contributed by atoms with Crippen molar-refractivity contribution in [1.29, 1.82) is 0 Å². The van der Waals surface area contributed by atoms with Gasteiger partial charge in [0.1, 0.15) is 19.3 Å². The molecule has 0 fully saturated rings. The van der Waals surface area contributed by atoms with Crippen molar-refractivity contribution in [3.8, 4) is 0 Å². The number of ether oxygens (including phenoxy) is 4. The van der Waals surface area contributed by atoms with E-state index < -0.39 is 97.5 Å². The van der Waals surface area contributed by atoms with Gasteiger partial charge in [-0.3, -0.25) is 37.3 Å². The summed E-state index contributed by atoms with van der Waals surface area (Å²) in [5.41, 5.74) is 0. The van der Waals surface area contributed by atoms with E-state index in [4.69, 9.17) is 37.0 Å². The highest BCUT2D eigenvalue weighted by Crippen LogP contribution is 2.45. The van der Waals surface area contributed by atoms with Crippen molar-refractivity contribution in [3.05, 3.63) is 0 Å². The smallest absolute Gasteiger partial charge is 0.462 e. The molecule has 0 saturated carbocycles. The maximum Gasteiger partial charge on any atom is 0.472 e. The Hall–Kier alpha value is -1.94. The molecule has 0 radical (unpaired) electrons. The largest absolute Gasteiger partial charge is 0.472 e. The third-order valence-electron chi connectivity index (χ3n) is 18.1. The number of aliphatic hydroxyl groups is 1. The van der Waals surface area contributed by atoms with Crippen LogP contribution in [0.25, 0.3) is 0 Å². The lowest BCUT2D eigenvalue weighted by molar-refractivity contribution is -0.161. The van der Waals surface area contributed by atoms with Crippen LogP contribution in [0.4, 0.5) is 0 Å². The zero-order valence-electron chi connectivity index (χ0n) is 62.0. The Bertz CT molecular complexity index is 1840. The first kappa shape index (κ1) is 93.1. The Morgan fingerprint density at radius 2 is 0.537 bits per heavy atom. The normalized spacial score (nSPS) is 14.3. The van der Waals surface area contributed by atoms with Crippen LogP contribution in [0, 0.1) is 11.8 Å². The lowest BCUT2D eigenvalue weighted by Crippen LogP contribution is -2.30. The standard InChI is InChI=1S/C76H148O17P2/c1-7-10-12-14-16-18-20-21-25-28-36-42-48-54-60-75(80)92-71(64-86-73(78)58-52-46-40-34-19-17-15-13-11-8-2)66-90-94(82,83)88-62-70(77)63-89-95(84,85)91-67-72(65-87-74(79)59-53-47-41-35-31-30-33-39-45-51-57-69(6)9-3)93-76(81)61-55-49-43-37-29-26-23-22-24-27-32-38-44-50-56-68(4)5/h68-72,77H,7-67H2,1-6H3,(H,82,83)(H,84,85)/t69?,70-,71+,72+/m0/s1. The third kappa shape index (κ3) is 69.0. The molecule has 0 spiro atoms. The fraction of sp³-hybridized carbons (Fsp3) is 0.947. The van der Waals surface area contributed by atoms with E-state index in [9.17, 15) is 43.2 Å². The second-order valence-electron chi connectivity index (χ2n) is 28.1. The molecule has 0 rings (SSSR count). The van der Waals surface area contributed by atoms with Crippen molar-refractivity contribution in [3.63, 3.8) is 0 Å². The molecule has 0 aromatic rings. The molecule has 0 heterocycles. The molecule has 0 amide bonds. The number of carbonyl (C=O) groups is 4. The quantitative estimate of drug-likeness (QED) is 0.0222. The number of esters is 4. The van der Waals surface area contributed by atoms with Crippen LogP contribution in [-0.2, 0) is 65.4 Å². The van der Waals surface area contributed by atoms with E-state index in [1.165, 1.54) is 212 Å². The van der Waals surface area contributed by atoms with Crippen molar-refractivity contribution in [2.24, 2.45) is 11.8 Å². The lowest BCUT2D eigenvalue weighted by atomic mass is 9.99. The summed E-state index contributed by atoms with van der Waals surface area (Å²) >= 11 is 0. The van der Waals surface area contributed by atoms with Crippen LogP contribution in [0.2, 0.25) is 0 Å². The van der Waals surface area contributed by atoms with Gasteiger partial charge in [0.15, 0.2) is 12.2 Å². The van der Waals surface area contributed by atoms with Gasteiger partial charge < -0.3 is 33.8 Å². The average Bonchev–Trinajstić information content (AvgIpc) is 3.68. The SMILES string of the molecule is CCCCCCCCCCCCCCCCC(=O)O[C@H](COC(=O)CCCCCCCCCCCC)COP(=O)(O)OC[C@H](O)COP(=O)(O)OC[C@@H](COC(=O)CCCCCCCCCCCCC(C)CC)OC(=O)CCCCCCCCCCCCCCCCC(C)C. The second-order valence-corrected chi connectivity index (χ2v) is 31.0. The van der Waals surface area contributed by atoms with Crippen LogP contribution >= 0.6 is 15.6 Å². The summed E-state index contributed by atoms with van der Waals surface area (Å²) in [4.78, 5) is 72.8. The second kappa shape index (κ2) is 67.9. The monoisotopic (exact) mass is 1400 g/mol. The topological polar surface area (TPSA) is 237 Å². The first-order chi connectivity index (χ1) is 45.9. The maximum atomic E-state index is 13.1. The van der Waals surface area contributed by atoms with E-state index in [-0.39, 0.29) is 25.7 Å². The summed E-state index contributed by atoms with van der Waals surface area (Å²) in [6.07, 6.45) is 55.2. The fourth-order valence-electron chi connectivity index (χ4n) is 11.6. The van der Waals surface area contributed by atoms with Crippen LogP contribution < -0.4 is 0 Å². The summed E-state index contributed by atoms with van der Waals surface area (Å²) in [6.45, 7) is 9.65. The lowest BCUT2D eigenvalue weighted by Gasteiger charge is -2.21. The molecule has 0 aliphatic rings. The van der Waals surface area contributed by atoms with Gasteiger partial charge in [-0.05, 0) is 37.5 Å². The number of hydrogen-bond donors (Lipinski definition) is 3. The van der Waals surface area contributed by atoms with Crippen molar-refractivity contribution < 1.29 is 80.2 Å². The minimum atomic E-state index is -4.96. The van der Waals surface area contributed by atoms with Gasteiger partial charge in [-0.1, -0.05) is 343 Å². The number of carbonyl (C=O) groups excluding carboxylic acids is 4. The van der Waals surface area contributed by atoms with E-state index in [0.717, 1.165) is 102 Å². The van der Waals surface area contributed by atoms with E-state index in [1.807, 2.05) is 0 Å². The Labute approximate surface area is 581 Å². The zero-order chi connectivity index (χ0) is 70.0. The Morgan fingerprint density at radius 1 is 0.305 bits per heavy atom. The fourth-order valence-corrected chi connectivity index (χ4v) is 13.2. The Balaban J connectivity index is 5.25. The number of hydrogen-bond acceptors (Lipinski definition) is 15. The molecule has 95 heavy (non-hydrogen) atoms. The van der Waals surface area contributed by atoms with Crippen molar-refractivity contribution in [2.45, 2.75) is 413 Å². The number of phosphoric acid groups is 2. The van der Waals surface area contributed by atoms with Crippen molar-refractivity contribution >= 4 is 39.5 Å². The first-order valence-corrected chi connectivity index (χ1v) is 42.5. The molecule has 17 nitrogen and oxygen atoms in total. The van der Waals surface area contributed by atoms with Crippen LogP contribution in [0.15, 0.2) is 0 Å². The van der Waals surface area contributed by atoms with Crippen LogP contribution in [0.3, 0.4) is 0 Å². The molecule has 0 bridgehead atoms. The number of unbranched alkanes of at least 4 members (excludes halogenated alkanes) is 44. The predicted octanol–water partition coefficient (Wildman–Crippen LogP) is 22.3. The van der Waals surface area contributed by atoms with Crippen LogP contribution in [0.5, 0.6) is 0 Å². The summed E-state index contributed by atoms with van der Waals surface area (Å²) in [6, 6.07) is 0. The van der Waals surface area contributed by atoms with E-state index in [1.54, 1.807) is 0 Å². The van der Waals surface area contributed by atoms with Crippen molar-refractivity contribution in [2.75, 3.05) is 39.6 Å². The third-order valence-corrected chi connectivity index (χ3v) is 20.0. The molecule has 564 valence electrons. The molecule has 0 saturated heterocycles. The first-order valence-electron chi connectivity index (χ1n) is 39.5. The molecule has 0 aromatic carbocycles. The van der Waals surface area contributed by atoms with E-state index >= 15 is 0 Å². The number of phosphoric ester groups is 2. The van der Waals surface area contributed by atoms with Gasteiger partial charge in [-0.15, -0.1) is 0 Å². The summed E-state index contributed by atoms with van der Waals surface area (Å²) in [5, 5.41) is 10.6. The highest BCUT2D eigenvalue weighted by molar-refractivity contribution is 7.47. The average molecular weight is 1400 g/mol. The van der Waals surface area contributed by atoms with Gasteiger partial charge >= 0.3 is 39.5 Å². The Morgan fingerprint density at radius 3 is 0.800 bits per heavy atom. The molecule has 19 heteroatoms. The van der Waals surface area contributed by atoms with E-state index in [0.29, 0.717) is 25.7 Å². The molecule has 0 aliphatic carbocycles. The predicted molar refractivity (Wildman–Crippen MR) is 386 cm³/mol. The van der Waals surface area contributed by atoms with Crippen LogP contribution in [-0.4, -0.2) is 96.7 Å². The van der Waals surface area contributed by atoms with Gasteiger partial charge in [0.25, 0.3) is 0 Å². The molecular formula is C76H148O17P2. The molecule has 3 N–H and O–H groups in total. The van der Waals surface area contributed by atoms with Crippen molar-refractivity contribution in [1.82, 2.24) is 0 Å². The zero-order valence-corrected chi connectivity index (χ0v) is 63.8. The van der Waals surface area contributed by atoms with Gasteiger partial charge in [0, 0.05) is 25.7 Å². The van der Waals surface area contributed by atoms with E-state index in [2.05, 4.69) is 41.5 Å². The molecular weight excluding hydrogens is 1250 g/mol. The van der Waals surface area contributed by atoms with Gasteiger partial charge in [0.2, 0.25) is 0 Å². The van der Waals surface area contributed by atoms with Gasteiger partial charge in [-0.25, -0.2) is 9.13 Å². The van der Waals surface area contributed by atoms with Crippen LogP contribution in [0.1, 0.15) is 395 Å². The number of aliphatic hydroxyl groups excluding tert-OH is 1. The van der Waals surface area contributed by atoms with Gasteiger partial charge in [-0.2, -0.15) is 0 Å². The number of rotatable bonds is 75. The highest BCUT2D eigenvalue weighted by Gasteiger charge is 2.30. The van der Waals surface area contributed by atoms with Gasteiger partial charge in [0.05, 0.1) is 26.4 Å². The minimum absolute atomic E-state index is 0.107. The molecule has 0 aliphatic heterocycles. The molecule has 3 unspecified atom stereocenters. The maximum absolute atomic E-state index is 13.1. The highest BCUT2D eigenvalue weighted by atomic mass is 31.2. The summed E-state index contributed by atoms with van der Waals surface area (Å²) in [7, 11) is -9.91. The summed E-state index contributed by atoms with van der Waals surface area (Å²) < 4.78 is 68.5. The molecule has 0 aromatic heterocycles. The summed E-state index contributed by atoms with van der Waals surface area (Å²) in [5.74, 6) is -0.509.